The van der Waals surface area contributed by atoms with E-state index in [4.69, 9.17) is 5.73 Å². The van der Waals surface area contributed by atoms with E-state index < -0.39 is 10.2 Å². The summed E-state index contributed by atoms with van der Waals surface area (Å²) in [5.41, 5.74) is 6.64. The maximum atomic E-state index is 12.2. The Kier molecular flexibility index (Phi) is 5.12. The Bertz CT molecular complexity index is 733. The van der Waals surface area contributed by atoms with Gasteiger partial charge in [0.1, 0.15) is 5.82 Å². The van der Waals surface area contributed by atoms with Crippen LogP contribution in [0.2, 0.25) is 0 Å². The molecule has 1 atom stereocenters. The maximum Gasteiger partial charge on any atom is 0.271 e. The number of rotatable bonds is 5. The summed E-state index contributed by atoms with van der Waals surface area (Å²) in [6.07, 6.45) is 0. The van der Waals surface area contributed by atoms with Crippen LogP contribution in [0.4, 0.5) is 17.2 Å². The molecule has 120 valence electrons. The third-order valence-corrected chi connectivity index (χ3v) is 3.79. The summed E-state index contributed by atoms with van der Waals surface area (Å²) in [6.45, 7) is 3.48. The first-order valence-electron chi connectivity index (χ1n) is 6.68. The molecular formula is C14H15N5O3S. The first-order valence-corrected chi connectivity index (χ1v) is 7.56. The highest BCUT2D eigenvalue weighted by molar-refractivity contribution is 8.00. The van der Waals surface area contributed by atoms with Crippen molar-refractivity contribution in [3.63, 3.8) is 0 Å². The number of hydrogen-bond acceptors (Lipinski definition) is 7. The van der Waals surface area contributed by atoms with Gasteiger partial charge in [0, 0.05) is 29.6 Å². The van der Waals surface area contributed by atoms with E-state index in [1.54, 1.807) is 26.0 Å². The first kappa shape index (κ1) is 16.7. The molecule has 2 rings (SSSR count). The van der Waals surface area contributed by atoms with Crippen LogP contribution < -0.4 is 11.1 Å². The van der Waals surface area contributed by atoms with Crippen molar-refractivity contribution in [3.8, 4) is 0 Å². The van der Waals surface area contributed by atoms with Crippen LogP contribution in [-0.4, -0.2) is 26.0 Å². The Balaban J connectivity index is 2.05. The summed E-state index contributed by atoms with van der Waals surface area (Å²) in [5.74, 6) is 0.0328. The fraction of sp³-hybridized carbons (Fsp3) is 0.214. The summed E-state index contributed by atoms with van der Waals surface area (Å²) < 4.78 is 0. The smallest absolute Gasteiger partial charge is 0.271 e. The van der Waals surface area contributed by atoms with E-state index in [1.807, 2.05) is 0 Å². The summed E-state index contributed by atoms with van der Waals surface area (Å²) in [6, 6.07) is 7.39. The molecule has 1 unspecified atom stereocenters. The Morgan fingerprint density at radius 2 is 2.13 bits per heavy atom. The summed E-state index contributed by atoms with van der Waals surface area (Å²) in [7, 11) is 0. The molecule has 0 radical (unpaired) electrons. The number of hydrogen-bond donors (Lipinski definition) is 2. The van der Waals surface area contributed by atoms with Gasteiger partial charge in [-0.3, -0.25) is 14.9 Å². The van der Waals surface area contributed by atoms with Crippen LogP contribution in [0.15, 0.2) is 35.5 Å². The van der Waals surface area contributed by atoms with Crippen LogP contribution >= 0.6 is 11.8 Å². The van der Waals surface area contributed by atoms with Gasteiger partial charge in [-0.25, -0.2) is 9.97 Å². The number of thioether (sulfide) groups is 1. The van der Waals surface area contributed by atoms with Crippen LogP contribution in [-0.2, 0) is 4.79 Å². The number of carbonyl (C=O) groups is 1. The zero-order chi connectivity index (χ0) is 17.0. The van der Waals surface area contributed by atoms with E-state index in [0.29, 0.717) is 22.4 Å². The first-order chi connectivity index (χ1) is 10.8. The third kappa shape index (κ3) is 4.65. The highest BCUT2D eigenvalue weighted by Gasteiger charge is 2.17. The molecule has 0 saturated heterocycles. The fourth-order valence-corrected chi connectivity index (χ4v) is 2.61. The second-order valence-corrected chi connectivity index (χ2v) is 6.08. The van der Waals surface area contributed by atoms with Gasteiger partial charge in [0.05, 0.1) is 10.2 Å². The quantitative estimate of drug-likeness (QED) is 0.372. The topological polar surface area (TPSA) is 124 Å². The Morgan fingerprint density at radius 1 is 1.39 bits per heavy atom. The molecule has 3 N–H and O–H groups in total. The SMILES string of the molecule is Cc1cc(N)nc(SC(C)C(=O)Nc2cccc([N+](=O)[O-])c2)n1. The molecule has 9 heteroatoms. The van der Waals surface area contributed by atoms with Crippen molar-refractivity contribution in [2.24, 2.45) is 0 Å². The van der Waals surface area contributed by atoms with E-state index in [-0.39, 0.29) is 11.6 Å². The lowest BCUT2D eigenvalue weighted by molar-refractivity contribution is -0.384. The van der Waals surface area contributed by atoms with E-state index in [1.165, 1.54) is 18.2 Å². The minimum Gasteiger partial charge on any atom is -0.384 e. The lowest BCUT2D eigenvalue weighted by atomic mass is 10.2. The zero-order valence-electron chi connectivity index (χ0n) is 12.5. The molecule has 0 saturated carbocycles. The van der Waals surface area contributed by atoms with Gasteiger partial charge < -0.3 is 11.1 Å². The van der Waals surface area contributed by atoms with Crippen molar-refractivity contribution in [2.45, 2.75) is 24.3 Å². The number of nitrogens with two attached hydrogens (primary N) is 1. The second-order valence-electron chi connectivity index (χ2n) is 4.77. The van der Waals surface area contributed by atoms with E-state index in [2.05, 4.69) is 15.3 Å². The number of benzene rings is 1. The van der Waals surface area contributed by atoms with Gasteiger partial charge in [-0.05, 0) is 19.9 Å². The Hall–Kier alpha value is -2.68. The predicted octanol–water partition coefficient (Wildman–Crippen LogP) is 2.39. The minimum absolute atomic E-state index is 0.0853. The van der Waals surface area contributed by atoms with Crippen molar-refractivity contribution >= 4 is 34.9 Å². The van der Waals surface area contributed by atoms with Crippen LogP contribution in [0.25, 0.3) is 0 Å². The van der Waals surface area contributed by atoms with Crippen LogP contribution in [0.5, 0.6) is 0 Å². The lowest BCUT2D eigenvalue weighted by Gasteiger charge is -2.11. The molecule has 1 aromatic carbocycles. The maximum absolute atomic E-state index is 12.2. The largest absolute Gasteiger partial charge is 0.384 e. The highest BCUT2D eigenvalue weighted by atomic mass is 32.2. The summed E-state index contributed by atoms with van der Waals surface area (Å²) in [5, 5.41) is 13.3. The van der Waals surface area contributed by atoms with Crippen LogP contribution in [0.1, 0.15) is 12.6 Å². The van der Waals surface area contributed by atoms with E-state index in [0.717, 1.165) is 11.8 Å². The molecular weight excluding hydrogens is 318 g/mol. The molecule has 1 heterocycles. The van der Waals surface area contributed by atoms with E-state index in [9.17, 15) is 14.9 Å². The molecule has 0 fully saturated rings. The number of nitro benzene ring substituents is 1. The van der Waals surface area contributed by atoms with Gasteiger partial charge in [0.15, 0.2) is 5.16 Å². The van der Waals surface area contributed by atoms with Gasteiger partial charge in [0.2, 0.25) is 5.91 Å². The van der Waals surface area contributed by atoms with Gasteiger partial charge in [0.25, 0.3) is 5.69 Å². The molecule has 0 aliphatic heterocycles. The monoisotopic (exact) mass is 333 g/mol. The van der Waals surface area contributed by atoms with Crippen LogP contribution in [0, 0.1) is 17.0 Å². The second kappa shape index (κ2) is 7.05. The number of aryl methyl sites for hydroxylation is 1. The molecule has 0 aliphatic carbocycles. The van der Waals surface area contributed by atoms with Gasteiger partial charge in [-0.2, -0.15) is 0 Å². The molecule has 0 bridgehead atoms. The molecule has 8 nitrogen and oxygen atoms in total. The number of amides is 1. The average molecular weight is 333 g/mol. The summed E-state index contributed by atoms with van der Waals surface area (Å²) in [4.78, 5) is 30.7. The van der Waals surface area contributed by atoms with Crippen LogP contribution in [0.3, 0.4) is 0 Å². The molecule has 0 aliphatic rings. The standard InChI is InChI=1S/C14H15N5O3S/c1-8-6-12(15)18-14(16-8)23-9(2)13(20)17-10-4-3-5-11(7-10)19(21)22/h3-7,9H,1-2H3,(H,17,20)(H2,15,16,18). The number of anilines is 2. The molecule has 1 amide bonds. The van der Waals surface area contributed by atoms with Crippen molar-refractivity contribution in [1.82, 2.24) is 9.97 Å². The third-order valence-electron chi connectivity index (χ3n) is 2.83. The normalized spacial score (nSPS) is 11.7. The van der Waals surface area contributed by atoms with Crippen molar-refractivity contribution < 1.29 is 9.72 Å². The number of nitro groups is 1. The van der Waals surface area contributed by atoms with Crippen molar-refractivity contribution in [1.29, 1.82) is 0 Å². The molecule has 23 heavy (non-hydrogen) atoms. The number of nitrogens with zero attached hydrogens (tertiary/aromatic N) is 3. The average Bonchev–Trinajstić information content (AvgIpc) is 2.46. The Morgan fingerprint density at radius 3 is 2.78 bits per heavy atom. The highest BCUT2D eigenvalue weighted by Crippen LogP contribution is 2.23. The fourth-order valence-electron chi connectivity index (χ4n) is 1.77. The number of nitrogen functional groups attached to an aromatic ring is 1. The predicted molar refractivity (Wildman–Crippen MR) is 88.2 cm³/mol. The van der Waals surface area contributed by atoms with Crippen molar-refractivity contribution in [3.05, 3.63) is 46.1 Å². The van der Waals surface area contributed by atoms with Gasteiger partial charge in [-0.1, -0.05) is 17.8 Å². The zero-order valence-corrected chi connectivity index (χ0v) is 13.3. The summed E-state index contributed by atoms with van der Waals surface area (Å²) >= 11 is 1.16. The molecule has 1 aromatic heterocycles. The van der Waals surface area contributed by atoms with Gasteiger partial charge in [-0.15, -0.1) is 0 Å². The molecule has 2 aromatic rings. The minimum atomic E-state index is -0.517. The van der Waals surface area contributed by atoms with Crippen molar-refractivity contribution in [2.75, 3.05) is 11.1 Å². The van der Waals surface area contributed by atoms with E-state index >= 15 is 0 Å². The number of aromatic nitrogens is 2. The number of nitrogens with one attached hydrogen (secondary N) is 1. The number of carbonyl (C=O) groups excluding carboxylic acids is 1. The lowest BCUT2D eigenvalue weighted by Crippen LogP contribution is -2.22. The van der Waals surface area contributed by atoms with Gasteiger partial charge >= 0.3 is 0 Å². The Labute approximate surface area is 136 Å². The molecule has 0 spiro atoms. The number of non-ortho nitro benzene ring substituents is 1.